The summed E-state index contributed by atoms with van der Waals surface area (Å²) in [6.07, 6.45) is 3.43. The molecule has 2 heteroatoms. The van der Waals surface area contributed by atoms with Crippen LogP contribution in [-0.2, 0) is 4.74 Å². The summed E-state index contributed by atoms with van der Waals surface area (Å²) in [7, 11) is 1.61. The van der Waals surface area contributed by atoms with Gasteiger partial charge in [0, 0.05) is 7.11 Å². The minimum atomic E-state index is -0.0860. The smallest absolute Gasteiger partial charge is 0.104 e. The molecule has 50 valence electrons. The average Bonchev–Trinajstić information content (AvgIpc) is 1.89. The number of ether oxygens (including phenoxy) is 1. The van der Waals surface area contributed by atoms with Crippen molar-refractivity contribution in [2.75, 3.05) is 20.3 Å². The Balaban J connectivity index is 3.23. The summed E-state index contributed by atoms with van der Waals surface area (Å²) < 4.78 is 4.70. The minimum Gasteiger partial charge on any atom is -0.384 e. The van der Waals surface area contributed by atoms with Gasteiger partial charge in [0.25, 0.3) is 0 Å². The number of allylic oxidation sites excluding steroid dienone is 1. The molecule has 0 saturated heterocycles. The van der Waals surface area contributed by atoms with Gasteiger partial charge in [-0.1, -0.05) is 17.9 Å². The third kappa shape index (κ3) is 7.22. The molecule has 0 aliphatic rings. The molecule has 0 saturated carbocycles. The number of hydrogen-bond acceptors (Lipinski definition) is 2. The van der Waals surface area contributed by atoms with E-state index in [4.69, 9.17) is 9.84 Å². The van der Waals surface area contributed by atoms with Gasteiger partial charge in [-0.15, -0.1) is 0 Å². The first-order valence-corrected chi connectivity index (χ1v) is 2.65. The van der Waals surface area contributed by atoms with E-state index in [1.54, 1.807) is 19.3 Å². The van der Waals surface area contributed by atoms with Gasteiger partial charge in [-0.05, 0) is 6.08 Å². The fraction of sp³-hybridized carbons (Fsp3) is 0.429. The molecule has 2 nitrogen and oxygen atoms in total. The summed E-state index contributed by atoms with van der Waals surface area (Å²) in [6.45, 7) is 0.484. The monoisotopic (exact) mass is 126 g/mol. The highest BCUT2D eigenvalue weighted by atomic mass is 16.5. The molecule has 0 amide bonds. The highest BCUT2D eigenvalue weighted by Crippen LogP contribution is 1.70. The van der Waals surface area contributed by atoms with Crippen LogP contribution in [0.1, 0.15) is 0 Å². The molecule has 0 rings (SSSR count). The number of aliphatic hydroxyl groups is 1. The maximum atomic E-state index is 8.18. The van der Waals surface area contributed by atoms with E-state index in [1.807, 2.05) is 0 Å². The predicted molar refractivity (Wildman–Crippen MR) is 35.9 cm³/mol. The molecule has 0 aromatic rings. The van der Waals surface area contributed by atoms with Crippen molar-refractivity contribution in [2.45, 2.75) is 0 Å². The fourth-order valence-corrected chi connectivity index (χ4v) is 0.308. The SMILES string of the molecule is COCC=CC#CCO. The first-order valence-electron chi connectivity index (χ1n) is 2.65. The lowest BCUT2D eigenvalue weighted by molar-refractivity contribution is 0.234. The number of rotatable bonds is 2. The summed E-state index contributed by atoms with van der Waals surface area (Å²) in [6, 6.07) is 0. The largest absolute Gasteiger partial charge is 0.384 e. The van der Waals surface area contributed by atoms with E-state index in [1.165, 1.54) is 0 Å². The molecule has 0 aromatic carbocycles. The van der Waals surface area contributed by atoms with Gasteiger partial charge in [0.1, 0.15) is 6.61 Å². The lowest BCUT2D eigenvalue weighted by atomic mass is 10.5. The van der Waals surface area contributed by atoms with Gasteiger partial charge in [-0.3, -0.25) is 0 Å². The van der Waals surface area contributed by atoms with E-state index in [-0.39, 0.29) is 6.61 Å². The summed E-state index contributed by atoms with van der Waals surface area (Å²) in [5.74, 6) is 5.08. The van der Waals surface area contributed by atoms with Crippen LogP contribution in [-0.4, -0.2) is 25.4 Å². The van der Waals surface area contributed by atoms with Crippen molar-refractivity contribution in [2.24, 2.45) is 0 Å². The highest BCUT2D eigenvalue weighted by Gasteiger charge is 1.66. The van der Waals surface area contributed by atoms with Crippen LogP contribution < -0.4 is 0 Å². The van der Waals surface area contributed by atoms with E-state index in [0.717, 1.165) is 0 Å². The zero-order chi connectivity index (χ0) is 6.95. The summed E-state index contributed by atoms with van der Waals surface area (Å²) in [5.41, 5.74) is 0. The number of hydrogen-bond donors (Lipinski definition) is 1. The Morgan fingerprint density at radius 2 is 2.44 bits per heavy atom. The van der Waals surface area contributed by atoms with Crippen LogP contribution in [0.15, 0.2) is 12.2 Å². The zero-order valence-corrected chi connectivity index (χ0v) is 5.42. The van der Waals surface area contributed by atoms with Gasteiger partial charge in [-0.25, -0.2) is 0 Å². The lowest BCUT2D eigenvalue weighted by Gasteiger charge is -1.82. The van der Waals surface area contributed by atoms with Gasteiger partial charge >= 0.3 is 0 Å². The van der Waals surface area contributed by atoms with Crippen LogP contribution in [0, 0.1) is 11.8 Å². The average molecular weight is 126 g/mol. The van der Waals surface area contributed by atoms with Crippen molar-refractivity contribution >= 4 is 0 Å². The van der Waals surface area contributed by atoms with Crippen molar-refractivity contribution in [1.29, 1.82) is 0 Å². The Hall–Kier alpha value is -0.780. The van der Waals surface area contributed by atoms with Gasteiger partial charge < -0.3 is 9.84 Å². The van der Waals surface area contributed by atoms with Crippen LogP contribution in [0.2, 0.25) is 0 Å². The van der Waals surface area contributed by atoms with Gasteiger partial charge in [0.05, 0.1) is 6.61 Å². The third-order valence-electron chi connectivity index (χ3n) is 0.645. The number of aliphatic hydroxyl groups excluding tert-OH is 1. The van der Waals surface area contributed by atoms with Crippen LogP contribution in [0.3, 0.4) is 0 Å². The second-order valence-corrected chi connectivity index (χ2v) is 1.34. The minimum absolute atomic E-state index is 0.0860. The van der Waals surface area contributed by atoms with E-state index in [0.29, 0.717) is 6.61 Å². The molecule has 0 fully saturated rings. The van der Waals surface area contributed by atoms with Gasteiger partial charge in [-0.2, -0.15) is 0 Å². The molecule has 0 spiro atoms. The fourth-order valence-electron chi connectivity index (χ4n) is 0.308. The van der Waals surface area contributed by atoms with Crippen LogP contribution in [0.4, 0.5) is 0 Å². The molecular formula is C7H10O2. The first-order chi connectivity index (χ1) is 4.41. The standard InChI is InChI=1S/C7H10O2/c1-9-7-5-3-2-4-6-8/h3,5,8H,6-7H2,1H3. The van der Waals surface area contributed by atoms with E-state index < -0.39 is 0 Å². The summed E-state index contributed by atoms with van der Waals surface area (Å²) in [4.78, 5) is 0. The van der Waals surface area contributed by atoms with E-state index in [2.05, 4.69) is 11.8 Å². The normalized spacial score (nSPS) is 9.11. The van der Waals surface area contributed by atoms with Crippen LogP contribution in [0.25, 0.3) is 0 Å². The van der Waals surface area contributed by atoms with Gasteiger partial charge in [0.2, 0.25) is 0 Å². The topological polar surface area (TPSA) is 29.5 Å². The third-order valence-corrected chi connectivity index (χ3v) is 0.645. The van der Waals surface area contributed by atoms with Crippen molar-refractivity contribution in [1.82, 2.24) is 0 Å². The molecule has 9 heavy (non-hydrogen) atoms. The van der Waals surface area contributed by atoms with Crippen molar-refractivity contribution < 1.29 is 9.84 Å². The van der Waals surface area contributed by atoms with Crippen LogP contribution in [0.5, 0.6) is 0 Å². The second kappa shape index (κ2) is 7.22. The molecule has 0 aliphatic heterocycles. The highest BCUT2D eigenvalue weighted by molar-refractivity contribution is 5.15. The molecule has 0 aliphatic carbocycles. The Labute approximate surface area is 55.1 Å². The quantitative estimate of drug-likeness (QED) is 0.535. The Morgan fingerprint density at radius 1 is 1.67 bits per heavy atom. The van der Waals surface area contributed by atoms with Gasteiger partial charge in [0.15, 0.2) is 0 Å². The summed E-state index contributed by atoms with van der Waals surface area (Å²) >= 11 is 0. The van der Waals surface area contributed by atoms with Crippen molar-refractivity contribution in [3.8, 4) is 11.8 Å². The lowest BCUT2D eigenvalue weighted by Crippen LogP contribution is -1.78. The molecular weight excluding hydrogens is 116 g/mol. The molecule has 0 heterocycles. The van der Waals surface area contributed by atoms with Crippen LogP contribution >= 0.6 is 0 Å². The Kier molecular flexibility index (Phi) is 6.59. The maximum absolute atomic E-state index is 8.18. The molecule has 1 N–H and O–H groups in total. The molecule has 0 unspecified atom stereocenters. The first kappa shape index (κ1) is 8.22. The van der Waals surface area contributed by atoms with E-state index in [9.17, 15) is 0 Å². The summed E-state index contributed by atoms with van der Waals surface area (Å²) in [5, 5.41) is 8.18. The van der Waals surface area contributed by atoms with Crippen molar-refractivity contribution in [3.63, 3.8) is 0 Å². The molecule has 0 radical (unpaired) electrons. The van der Waals surface area contributed by atoms with Crippen molar-refractivity contribution in [3.05, 3.63) is 12.2 Å². The molecule has 0 aromatic heterocycles. The maximum Gasteiger partial charge on any atom is 0.104 e. The molecule has 0 atom stereocenters. The Morgan fingerprint density at radius 3 is 3.00 bits per heavy atom. The predicted octanol–water partition coefficient (Wildman–Crippen LogP) is 0.185. The second-order valence-electron chi connectivity index (χ2n) is 1.34. The molecule has 0 bridgehead atoms. The zero-order valence-electron chi connectivity index (χ0n) is 5.42. The van der Waals surface area contributed by atoms with E-state index >= 15 is 0 Å². The number of methoxy groups -OCH3 is 1. The Bertz CT molecular complexity index is 128.